The van der Waals surface area contributed by atoms with Gasteiger partial charge in [-0.15, -0.1) is 0 Å². The van der Waals surface area contributed by atoms with Gasteiger partial charge in [-0.3, -0.25) is 4.79 Å². The molecule has 0 bridgehead atoms. The van der Waals surface area contributed by atoms with Gasteiger partial charge in [0.15, 0.2) is 0 Å². The second-order valence-corrected chi connectivity index (χ2v) is 5.07. The predicted octanol–water partition coefficient (Wildman–Crippen LogP) is 1.49. The molecule has 1 aliphatic rings. The maximum absolute atomic E-state index is 13.8. The van der Waals surface area contributed by atoms with Crippen LogP contribution in [-0.4, -0.2) is 25.0 Å². The van der Waals surface area contributed by atoms with Crippen molar-refractivity contribution in [1.82, 2.24) is 0 Å². The van der Waals surface area contributed by atoms with Gasteiger partial charge in [-0.2, -0.15) is 0 Å². The molecule has 1 aromatic rings. The van der Waals surface area contributed by atoms with E-state index in [-0.39, 0.29) is 11.6 Å². The van der Waals surface area contributed by atoms with Gasteiger partial charge >= 0.3 is 0 Å². The van der Waals surface area contributed by atoms with Crippen molar-refractivity contribution in [2.45, 2.75) is 25.8 Å². The van der Waals surface area contributed by atoms with Gasteiger partial charge in [0, 0.05) is 19.1 Å². The number of rotatable bonds is 3. The number of primary amides is 1. The van der Waals surface area contributed by atoms with E-state index in [2.05, 4.69) is 6.92 Å². The lowest BCUT2D eigenvalue weighted by molar-refractivity contribution is 0.0997. The van der Waals surface area contributed by atoms with Crippen LogP contribution in [-0.2, 0) is 0 Å². The molecule has 0 spiro atoms. The summed E-state index contributed by atoms with van der Waals surface area (Å²) in [5.74, 6) is -0.929. The summed E-state index contributed by atoms with van der Waals surface area (Å²) in [5, 5.41) is 0. The van der Waals surface area contributed by atoms with Crippen LogP contribution in [0, 0.1) is 11.7 Å². The van der Waals surface area contributed by atoms with Crippen molar-refractivity contribution in [3.05, 3.63) is 29.6 Å². The monoisotopic (exact) mass is 265 g/mol. The Balaban J connectivity index is 2.32. The van der Waals surface area contributed by atoms with E-state index in [0.29, 0.717) is 11.6 Å². The van der Waals surface area contributed by atoms with Crippen LogP contribution in [0.3, 0.4) is 0 Å². The number of benzene rings is 1. The molecule has 19 heavy (non-hydrogen) atoms. The minimum atomic E-state index is -0.726. The quantitative estimate of drug-likeness (QED) is 0.869. The third kappa shape index (κ3) is 2.71. The summed E-state index contributed by atoms with van der Waals surface area (Å²) in [5.41, 5.74) is 11.9. The summed E-state index contributed by atoms with van der Waals surface area (Å²) in [4.78, 5) is 13.4. The Kier molecular flexibility index (Phi) is 4.04. The second-order valence-electron chi connectivity index (χ2n) is 5.07. The molecule has 2 unspecified atom stereocenters. The van der Waals surface area contributed by atoms with Crippen LogP contribution in [0.2, 0.25) is 0 Å². The Bertz CT molecular complexity index is 478. The number of nitrogens with zero attached hydrogens (tertiary/aromatic N) is 1. The van der Waals surface area contributed by atoms with Crippen molar-refractivity contribution < 1.29 is 9.18 Å². The molecule has 1 aliphatic heterocycles. The van der Waals surface area contributed by atoms with E-state index in [0.717, 1.165) is 25.9 Å². The SMILES string of the molecule is CCC1CN(c2cccc(F)c2C(N)=O)CCC1N. The highest BCUT2D eigenvalue weighted by Gasteiger charge is 2.28. The van der Waals surface area contributed by atoms with Crippen LogP contribution in [0.1, 0.15) is 30.1 Å². The van der Waals surface area contributed by atoms with Crippen molar-refractivity contribution in [3.8, 4) is 0 Å². The van der Waals surface area contributed by atoms with Crippen LogP contribution in [0.5, 0.6) is 0 Å². The van der Waals surface area contributed by atoms with E-state index in [1.165, 1.54) is 6.07 Å². The maximum atomic E-state index is 13.8. The van der Waals surface area contributed by atoms with E-state index in [1.54, 1.807) is 12.1 Å². The zero-order valence-electron chi connectivity index (χ0n) is 11.1. The number of halogens is 1. The first-order chi connectivity index (χ1) is 9.04. The standard InChI is InChI=1S/C14H20FN3O/c1-2-9-8-18(7-6-11(9)16)12-5-3-4-10(15)13(12)14(17)19/h3-5,9,11H,2,6-8,16H2,1H3,(H2,17,19). The molecule has 1 aromatic carbocycles. The minimum absolute atomic E-state index is 0.0205. The van der Waals surface area contributed by atoms with Crippen molar-refractivity contribution in [1.29, 1.82) is 0 Å². The number of hydrogen-bond acceptors (Lipinski definition) is 3. The molecule has 5 heteroatoms. The Labute approximate surface area is 112 Å². The Morgan fingerprint density at radius 2 is 2.26 bits per heavy atom. The number of carbonyl (C=O) groups is 1. The predicted molar refractivity (Wildman–Crippen MR) is 73.5 cm³/mol. The fourth-order valence-corrected chi connectivity index (χ4v) is 2.72. The number of nitrogens with two attached hydrogens (primary N) is 2. The number of piperidine rings is 1. The van der Waals surface area contributed by atoms with Gasteiger partial charge in [0.2, 0.25) is 0 Å². The molecular formula is C14H20FN3O. The molecule has 0 aliphatic carbocycles. The van der Waals surface area contributed by atoms with E-state index in [9.17, 15) is 9.18 Å². The molecule has 2 rings (SSSR count). The minimum Gasteiger partial charge on any atom is -0.370 e. The molecule has 4 N–H and O–H groups in total. The van der Waals surface area contributed by atoms with Gasteiger partial charge < -0.3 is 16.4 Å². The highest BCUT2D eigenvalue weighted by Crippen LogP contribution is 2.28. The summed E-state index contributed by atoms with van der Waals surface area (Å²) in [7, 11) is 0. The molecular weight excluding hydrogens is 245 g/mol. The van der Waals surface area contributed by atoms with Crippen molar-refractivity contribution in [2.24, 2.45) is 17.4 Å². The molecule has 0 aromatic heterocycles. The number of hydrogen-bond donors (Lipinski definition) is 2. The molecule has 1 amide bonds. The number of amides is 1. The van der Waals surface area contributed by atoms with Gasteiger partial charge in [0.25, 0.3) is 5.91 Å². The smallest absolute Gasteiger partial charge is 0.253 e. The van der Waals surface area contributed by atoms with E-state index < -0.39 is 11.7 Å². The highest BCUT2D eigenvalue weighted by molar-refractivity contribution is 5.99. The lowest BCUT2D eigenvalue weighted by atomic mass is 9.90. The largest absolute Gasteiger partial charge is 0.370 e. The average Bonchev–Trinajstić information content (AvgIpc) is 2.38. The third-order valence-corrected chi connectivity index (χ3v) is 3.90. The van der Waals surface area contributed by atoms with Gasteiger partial charge in [0.05, 0.1) is 11.3 Å². The Hall–Kier alpha value is -1.62. The highest BCUT2D eigenvalue weighted by atomic mass is 19.1. The first kappa shape index (κ1) is 13.8. The maximum Gasteiger partial charge on any atom is 0.253 e. The van der Waals surface area contributed by atoms with E-state index in [4.69, 9.17) is 11.5 Å². The van der Waals surface area contributed by atoms with Crippen LogP contribution < -0.4 is 16.4 Å². The molecule has 1 fully saturated rings. The number of carbonyl (C=O) groups excluding carboxylic acids is 1. The van der Waals surface area contributed by atoms with Crippen molar-refractivity contribution >= 4 is 11.6 Å². The molecule has 1 heterocycles. The zero-order valence-corrected chi connectivity index (χ0v) is 11.1. The lowest BCUT2D eigenvalue weighted by Gasteiger charge is -2.38. The first-order valence-electron chi connectivity index (χ1n) is 6.63. The van der Waals surface area contributed by atoms with E-state index >= 15 is 0 Å². The normalized spacial score (nSPS) is 23.4. The van der Waals surface area contributed by atoms with E-state index in [1.807, 2.05) is 4.90 Å². The Morgan fingerprint density at radius 3 is 2.89 bits per heavy atom. The summed E-state index contributed by atoms with van der Waals surface area (Å²) >= 11 is 0. The van der Waals surface area contributed by atoms with Crippen LogP contribution in [0.25, 0.3) is 0 Å². The van der Waals surface area contributed by atoms with Crippen LogP contribution in [0.15, 0.2) is 18.2 Å². The molecule has 4 nitrogen and oxygen atoms in total. The third-order valence-electron chi connectivity index (χ3n) is 3.90. The summed E-state index contributed by atoms with van der Waals surface area (Å²) in [6, 6.07) is 4.78. The molecule has 0 saturated carbocycles. The molecule has 104 valence electrons. The number of anilines is 1. The van der Waals surface area contributed by atoms with Gasteiger partial charge in [-0.25, -0.2) is 4.39 Å². The van der Waals surface area contributed by atoms with Gasteiger partial charge in [-0.1, -0.05) is 19.4 Å². The zero-order chi connectivity index (χ0) is 14.0. The summed E-state index contributed by atoms with van der Waals surface area (Å²) < 4.78 is 13.8. The Morgan fingerprint density at radius 1 is 1.53 bits per heavy atom. The fourth-order valence-electron chi connectivity index (χ4n) is 2.72. The molecule has 0 radical (unpaired) electrons. The van der Waals surface area contributed by atoms with Crippen molar-refractivity contribution in [2.75, 3.05) is 18.0 Å². The second kappa shape index (κ2) is 5.57. The molecule has 2 atom stereocenters. The summed E-state index contributed by atoms with van der Waals surface area (Å²) in [6.45, 7) is 3.55. The molecule has 1 saturated heterocycles. The first-order valence-corrected chi connectivity index (χ1v) is 6.63. The topological polar surface area (TPSA) is 72.3 Å². The van der Waals surface area contributed by atoms with Gasteiger partial charge in [-0.05, 0) is 24.5 Å². The van der Waals surface area contributed by atoms with Crippen LogP contribution in [0.4, 0.5) is 10.1 Å². The van der Waals surface area contributed by atoms with Crippen LogP contribution >= 0.6 is 0 Å². The lowest BCUT2D eigenvalue weighted by Crippen LogP contribution is -2.47. The average molecular weight is 265 g/mol. The van der Waals surface area contributed by atoms with Gasteiger partial charge in [0.1, 0.15) is 5.82 Å². The fraction of sp³-hybridized carbons (Fsp3) is 0.500. The summed E-state index contributed by atoms with van der Waals surface area (Å²) in [6.07, 6.45) is 1.81. The van der Waals surface area contributed by atoms with Crippen molar-refractivity contribution in [3.63, 3.8) is 0 Å².